The third-order valence-electron chi connectivity index (χ3n) is 4.64. The van der Waals surface area contributed by atoms with Crippen molar-refractivity contribution in [2.75, 3.05) is 6.54 Å². The van der Waals surface area contributed by atoms with Gasteiger partial charge in [0.25, 0.3) is 5.91 Å². The molecule has 21 heavy (non-hydrogen) atoms. The van der Waals surface area contributed by atoms with E-state index in [2.05, 4.69) is 5.32 Å². The second-order valence-corrected chi connectivity index (χ2v) is 5.96. The molecule has 1 saturated carbocycles. The Morgan fingerprint density at radius 2 is 1.95 bits per heavy atom. The van der Waals surface area contributed by atoms with E-state index in [1.807, 2.05) is 32.0 Å². The first-order valence-electron chi connectivity index (χ1n) is 7.70. The Balaban J connectivity index is 0.00000220. The number of carbonyl (C=O) groups is 1. The molecule has 118 valence electrons. The van der Waals surface area contributed by atoms with Crippen molar-refractivity contribution >= 4 is 18.3 Å². The first-order valence-corrected chi connectivity index (χ1v) is 7.70. The fourth-order valence-electron chi connectivity index (χ4n) is 3.15. The molecule has 4 heteroatoms. The molecular weight excluding hydrogens is 284 g/mol. The number of nitrogens with one attached hydrogen (secondary N) is 1. The van der Waals surface area contributed by atoms with E-state index in [0.29, 0.717) is 12.5 Å². The molecule has 1 unspecified atom stereocenters. The molecule has 1 atom stereocenters. The number of hydrogen-bond acceptors (Lipinski definition) is 2. The van der Waals surface area contributed by atoms with Gasteiger partial charge < -0.3 is 11.1 Å². The topological polar surface area (TPSA) is 55.1 Å². The van der Waals surface area contributed by atoms with Crippen LogP contribution in [0.2, 0.25) is 0 Å². The van der Waals surface area contributed by atoms with Crippen LogP contribution in [0.25, 0.3) is 0 Å². The lowest BCUT2D eigenvalue weighted by Gasteiger charge is -2.30. The van der Waals surface area contributed by atoms with Gasteiger partial charge in [0.2, 0.25) is 0 Å². The summed E-state index contributed by atoms with van der Waals surface area (Å²) in [6, 6.07) is 5.98. The largest absolute Gasteiger partial charge is 0.348 e. The second-order valence-electron chi connectivity index (χ2n) is 5.96. The van der Waals surface area contributed by atoms with E-state index in [1.54, 1.807) is 0 Å². The maximum Gasteiger partial charge on any atom is 0.251 e. The van der Waals surface area contributed by atoms with Gasteiger partial charge >= 0.3 is 0 Å². The van der Waals surface area contributed by atoms with Gasteiger partial charge in [0.05, 0.1) is 0 Å². The molecule has 1 aliphatic carbocycles. The van der Waals surface area contributed by atoms with Crippen LogP contribution in [0.3, 0.4) is 0 Å². The summed E-state index contributed by atoms with van der Waals surface area (Å²) in [5, 5.41) is 3.16. The minimum absolute atomic E-state index is 0. The molecule has 0 radical (unpaired) electrons. The lowest BCUT2D eigenvalue weighted by atomic mass is 9.83. The SMILES string of the molecule is Cc1cccc(C(=O)NC(CN)C2CCCCC2)c1C.Cl. The Morgan fingerprint density at radius 3 is 2.57 bits per heavy atom. The highest BCUT2D eigenvalue weighted by molar-refractivity contribution is 5.96. The minimum Gasteiger partial charge on any atom is -0.348 e. The predicted octanol–water partition coefficient (Wildman–Crippen LogP) is 3.36. The highest BCUT2D eigenvalue weighted by Crippen LogP contribution is 2.26. The van der Waals surface area contributed by atoms with E-state index in [9.17, 15) is 4.79 Å². The summed E-state index contributed by atoms with van der Waals surface area (Å²) in [7, 11) is 0. The van der Waals surface area contributed by atoms with Crippen molar-refractivity contribution in [3.8, 4) is 0 Å². The normalized spacial score (nSPS) is 16.9. The molecular formula is C17H27ClN2O. The Morgan fingerprint density at radius 1 is 1.29 bits per heavy atom. The molecule has 0 bridgehead atoms. The van der Waals surface area contributed by atoms with Crippen LogP contribution in [0.1, 0.15) is 53.6 Å². The zero-order valence-corrected chi connectivity index (χ0v) is 13.8. The van der Waals surface area contributed by atoms with E-state index >= 15 is 0 Å². The van der Waals surface area contributed by atoms with E-state index < -0.39 is 0 Å². The number of hydrogen-bond donors (Lipinski definition) is 2. The molecule has 3 nitrogen and oxygen atoms in total. The van der Waals surface area contributed by atoms with E-state index in [4.69, 9.17) is 5.73 Å². The third kappa shape index (κ3) is 4.45. The van der Waals surface area contributed by atoms with Crippen molar-refractivity contribution in [1.29, 1.82) is 0 Å². The fourth-order valence-corrected chi connectivity index (χ4v) is 3.15. The van der Waals surface area contributed by atoms with Gasteiger partial charge in [0.1, 0.15) is 0 Å². The molecule has 0 saturated heterocycles. The number of rotatable bonds is 4. The van der Waals surface area contributed by atoms with Gasteiger partial charge in [-0.15, -0.1) is 12.4 Å². The number of benzene rings is 1. The minimum atomic E-state index is 0. The van der Waals surface area contributed by atoms with Crippen molar-refractivity contribution in [1.82, 2.24) is 5.32 Å². The zero-order chi connectivity index (χ0) is 14.5. The molecule has 1 aliphatic rings. The standard InChI is InChI=1S/C17H26N2O.ClH/c1-12-7-6-10-15(13(12)2)17(20)19-16(11-18)14-8-4-3-5-9-14;/h6-7,10,14,16H,3-5,8-9,11,18H2,1-2H3,(H,19,20);1H. The lowest BCUT2D eigenvalue weighted by molar-refractivity contribution is 0.0915. The Kier molecular flexibility index (Phi) is 7.20. The van der Waals surface area contributed by atoms with Crippen molar-refractivity contribution in [2.45, 2.75) is 52.0 Å². The summed E-state index contributed by atoms with van der Waals surface area (Å²) in [6.45, 7) is 4.57. The van der Waals surface area contributed by atoms with E-state index in [0.717, 1.165) is 16.7 Å². The van der Waals surface area contributed by atoms with Gasteiger partial charge in [-0.25, -0.2) is 0 Å². The predicted molar refractivity (Wildman–Crippen MR) is 90.0 cm³/mol. The highest BCUT2D eigenvalue weighted by Gasteiger charge is 2.24. The van der Waals surface area contributed by atoms with E-state index in [1.165, 1.54) is 32.1 Å². The number of carbonyl (C=O) groups excluding carboxylic acids is 1. The zero-order valence-electron chi connectivity index (χ0n) is 13.0. The number of nitrogens with two attached hydrogens (primary N) is 1. The maximum absolute atomic E-state index is 12.5. The summed E-state index contributed by atoms with van der Waals surface area (Å²) in [5.41, 5.74) is 8.87. The molecule has 0 aromatic heterocycles. The summed E-state index contributed by atoms with van der Waals surface area (Å²) in [5.74, 6) is 0.565. The van der Waals surface area contributed by atoms with Gasteiger partial charge in [-0.2, -0.15) is 0 Å². The number of amides is 1. The van der Waals surface area contributed by atoms with Crippen LogP contribution in [-0.4, -0.2) is 18.5 Å². The average Bonchev–Trinajstić information content (AvgIpc) is 2.48. The highest BCUT2D eigenvalue weighted by atomic mass is 35.5. The van der Waals surface area contributed by atoms with Crippen LogP contribution in [0, 0.1) is 19.8 Å². The Labute approximate surface area is 134 Å². The van der Waals surface area contributed by atoms with E-state index in [-0.39, 0.29) is 24.4 Å². The Hall–Kier alpha value is -1.06. The molecule has 2 rings (SSSR count). The lowest BCUT2D eigenvalue weighted by Crippen LogP contribution is -2.46. The maximum atomic E-state index is 12.5. The summed E-state index contributed by atoms with van der Waals surface area (Å²) in [6.07, 6.45) is 6.23. The van der Waals surface area contributed by atoms with Crippen LogP contribution in [0.4, 0.5) is 0 Å². The van der Waals surface area contributed by atoms with Gasteiger partial charge in [-0.1, -0.05) is 31.4 Å². The fraction of sp³-hybridized carbons (Fsp3) is 0.588. The van der Waals surface area contributed by atoms with Crippen LogP contribution >= 0.6 is 12.4 Å². The molecule has 3 N–H and O–H groups in total. The molecule has 0 spiro atoms. The molecule has 1 aromatic carbocycles. The molecule has 0 heterocycles. The number of halogens is 1. The van der Waals surface area contributed by atoms with Crippen LogP contribution in [0.15, 0.2) is 18.2 Å². The van der Waals surface area contributed by atoms with Crippen molar-refractivity contribution in [3.05, 3.63) is 34.9 Å². The summed E-state index contributed by atoms with van der Waals surface area (Å²) in [4.78, 5) is 12.5. The molecule has 1 fully saturated rings. The number of aryl methyl sites for hydroxylation is 1. The Bertz CT molecular complexity index is 470. The average molecular weight is 311 g/mol. The molecule has 0 aliphatic heterocycles. The quantitative estimate of drug-likeness (QED) is 0.896. The van der Waals surface area contributed by atoms with Gasteiger partial charge in [-0.3, -0.25) is 4.79 Å². The summed E-state index contributed by atoms with van der Waals surface area (Å²) < 4.78 is 0. The van der Waals surface area contributed by atoms with Crippen LogP contribution < -0.4 is 11.1 Å². The van der Waals surface area contributed by atoms with Crippen LogP contribution in [-0.2, 0) is 0 Å². The third-order valence-corrected chi connectivity index (χ3v) is 4.64. The first-order chi connectivity index (χ1) is 9.63. The first kappa shape index (κ1) is 18.0. The van der Waals surface area contributed by atoms with Gasteiger partial charge in [0.15, 0.2) is 0 Å². The van der Waals surface area contributed by atoms with Crippen molar-refractivity contribution in [3.63, 3.8) is 0 Å². The van der Waals surface area contributed by atoms with Crippen molar-refractivity contribution in [2.24, 2.45) is 11.7 Å². The monoisotopic (exact) mass is 310 g/mol. The van der Waals surface area contributed by atoms with Gasteiger partial charge in [0, 0.05) is 18.2 Å². The molecule has 1 aromatic rings. The molecule has 1 amide bonds. The van der Waals surface area contributed by atoms with Crippen LogP contribution in [0.5, 0.6) is 0 Å². The van der Waals surface area contributed by atoms with Crippen molar-refractivity contribution < 1.29 is 4.79 Å². The smallest absolute Gasteiger partial charge is 0.251 e. The summed E-state index contributed by atoms with van der Waals surface area (Å²) >= 11 is 0. The van der Waals surface area contributed by atoms with Gasteiger partial charge in [-0.05, 0) is 49.8 Å². The second kappa shape index (κ2) is 8.40.